The second-order valence-electron chi connectivity index (χ2n) is 6.85. The zero-order valence-electron chi connectivity index (χ0n) is 17.9. The summed E-state index contributed by atoms with van der Waals surface area (Å²) in [7, 11) is 1.47. The molecule has 0 spiro atoms. The number of rotatable bonds is 7. The molecule has 158 valence electrons. The van der Waals surface area contributed by atoms with Gasteiger partial charge >= 0.3 is 0 Å². The number of aryl methyl sites for hydroxylation is 2. The third-order valence-electron chi connectivity index (χ3n) is 4.53. The molecule has 3 aromatic rings. The van der Waals surface area contributed by atoms with Crippen molar-refractivity contribution in [1.82, 2.24) is 9.97 Å². The first kappa shape index (κ1) is 22.0. The minimum absolute atomic E-state index is 0.385. The highest BCUT2D eigenvalue weighted by atomic mass is 16.6. The summed E-state index contributed by atoms with van der Waals surface area (Å²) in [6.45, 7) is 3.97. The number of hydrogen-bond donors (Lipinski definition) is 2. The third kappa shape index (κ3) is 5.47. The van der Waals surface area contributed by atoms with E-state index in [0.29, 0.717) is 22.9 Å². The number of aromatic nitrogens is 2. The van der Waals surface area contributed by atoms with E-state index >= 15 is 0 Å². The van der Waals surface area contributed by atoms with Crippen molar-refractivity contribution in [1.29, 1.82) is 10.5 Å². The van der Waals surface area contributed by atoms with Gasteiger partial charge in [0.1, 0.15) is 12.9 Å². The lowest BCUT2D eigenvalue weighted by atomic mass is 10.0. The number of nitrogens with zero attached hydrogens (tertiary/aromatic N) is 5. The summed E-state index contributed by atoms with van der Waals surface area (Å²) in [6.07, 6.45) is 6.39. The van der Waals surface area contributed by atoms with Crippen LogP contribution in [0.4, 0.5) is 23.1 Å². The molecule has 0 saturated carbocycles. The summed E-state index contributed by atoms with van der Waals surface area (Å²) in [5.41, 5.74) is 5.81. The lowest BCUT2D eigenvalue weighted by Crippen LogP contribution is -2.06. The van der Waals surface area contributed by atoms with E-state index in [9.17, 15) is 0 Å². The Labute approximate surface area is 186 Å². The van der Waals surface area contributed by atoms with Gasteiger partial charge in [0.2, 0.25) is 5.95 Å². The Morgan fingerprint density at radius 2 is 1.78 bits per heavy atom. The molecule has 1 heterocycles. The highest BCUT2D eigenvalue weighted by molar-refractivity contribution is 5.88. The van der Waals surface area contributed by atoms with Crippen molar-refractivity contribution in [3.8, 4) is 12.1 Å². The summed E-state index contributed by atoms with van der Waals surface area (Å²) >= 11 is 0. The van der Waals surface area contributed by atoms with Crippen molar-refractivity contribution >= 4 is 35.4 Å². The first-order valence-corrected chi connectivity index (χ1v) is 9.69. The Morgan fingerprint density at radius 3 is 2.41 bits per heavy atom. The van der Waals surface area contributed by atoms with Crippen molar-refractivity contribution in [3.63, 3.8) is 0 Å². The second-order valence-corrected chi connectivity index (χ2v) is 6.85. The molecule has 8 nitrogen and oxygen atoms in total. The van der Waals surface area contributed by atoms with E-state index in [1.54, 1.807) is 36.5 Å². The van der Waals surface area contributed by atoms with Gasteiger partial charge in [0.15, 0.2) is 0 Å². The smallest absolute Gasteiger partial charge is 0.229 e. The summed E-state index contributed by atoms with van der Waals surface area (Å²) in [4.78, 5) is 13.8. The predicted molar refractivity (Wildman–Crippen MR) is 125 cm³/mol. The lowest BCUT2D eigenvalue weighted by Gasteiger charge is -2.16. The molecule has 8 heteroatoms. The Morgan fingerprint density at radius 1 is 1.06 bits per heavy atom. The highest BCUT2D eigenvalue weighted by Gasteiger charge is 2.11. The molecular weight excluding hydrogens is 402 g/mol. The number of hydrogen-bond acceptors (Lipinski definition) is 8. The van der Waals surface area contributed by atoms with E-state index in [0.717, 1.165) is 28.1 Å². The van der Waals surface area contributed by atoms with Crippen LogP contribution < -0.4 is 10.6 Å². The molecule has 0 fully saturated rings. The molecule has 0 unspecified atom stereocenters. The molecule has 0 amide bonds. The minimum Gasteiger partial charge on any atom is -0.399 e. The van der Waals surface area contributed by atoms with Crippen LogP contribution in [0.1, 0.15) is 27.8 Å². The molecule has 0 aliphatic rings. The van der Waals surface area contributed by atoms with Crippen LogP contribution in [0.15, 0.2) is 53.8 Å². The Bertz CT molecular complexity index is 1230. The van der Waals surface area contributed by atoms with E-state index in [1.165, 1.54) is 19.4 Å². The van der Waals surface area contributed by atoms with Gasteiger partial charge in [-0.3, -0.25) is 0 Å². The maximum absolute atomic E-state index is 8.96. The topological polar surface area (TPSA) is 119 Å². The summed E-state index contributed by atoms with van der Waals surface area (Å²) in [5.74, 6) is 0.930. The molecule has 0 bridgehead atoms. The van der Waals surface area contributed by atoms with Crippen LogP contribution in [-0.2, 0) is 4.84 Å². The van der Waals surface area contributed by atoms with E-state index in [4.69, 9.17) is 15.4 Å². The first-order valence-electron chi connectivity index (χ1n) is 9.69. The molecule has 32 heavy (non-hydrogen) atoms. The Kier molecular flexibility index (Phi) is 7.13. The number of nitriles is 2. The number of allylic oxidation sites excluding steroid dienone is 1. The van der Waals surface area contributed by atoms with Gasteiger partial charge < -0.3 is 15.5 Å². The Hall–Kier alpha value is -4.69. The number of oxime groups is 1. The fourth-order valence-electron chi connectivity index (χ4n) is 3.05. The van der Waals surface area contributed by atoms with E-state index in [2.05, 4.69) is 31.8 Å². The number of benzene rings is 2. The molecule has 0 atom stereocenters. The monoisotopic (exact) mass is 423 g/mol. The van der Waals surface area contributed by atoms with Gasteiger partial charge in [-0.2, -0.15) is 15.5 Å². The quantitative estimate of drug-likeness (QED) is 0.313. The van der Waals surface area contributed by atoms with E-state index in [-0.39, 0.29) is 0 Å². The molecular formula is C24H21N7O. The molecule has 0 saturated heterocycles. The number of anilines is 4. The maximum atomic E-state index is 8.96. The van der Waals surface area contributed by atoms with Crippen molar-refractivity contribution in [2.24, 2.45) is 5.16 Å². The third-order valence-corrected chi connectivity index (χ3v) is 4.53. The molecule has 1 aromatic heterocycles. The first-order chi connectivity index (χ1) is 15.5. The predicted octanol–water partition coefficient (Wildman–Crippen LogP) is 4.97. The van der Waals surface area contributed by atoms with Gasteiger partial charge in [-0.05, 0) is 73.0 Å². The van der Waals surface area contributed by atoms with Gasteiger partial charge in [0.25, 0.3) is 0 Å². The van der Waals surface area contributed by atoms with Crippen LogP contribution in [0.25, 0.3) is 6.08 Å². The van der Waals surface area contributed by atoms with Gasteiger partial charge in [-0.25, -0.2) is 4.98 Å². The van der Waals surface area contributed by atoms with Crippen molar-refractivity contribution < 1.29 is 4.84 Å². The molecule has 3 rings (SSSR count). The second kappa shape index (κ2) is 10.4. The maximum Gasteiger partial charge on any atom is 0.229 e. The summed E-state index contributed by atoms with van der Waals surface area (Å²) in [5, 5.41) is 28.1. The average molecular weight is 423 g/mol. The zero-order valence-corrected chi connectivity index (χ0v) is 17.9. The molecule has 0 aliphatic carbocycles. The van der Waals surface area contributed by atoms with E-state index in [1.807, 2.05) is 32.0 Å². The van der Waals surface area contributed by atoms with Crippen molar-refractivity contribution in [3.05, 3.63) is 76.5 Å². The van der Waals surface area contributed by atoms with Crippen LogP contribution >= 0.6 is 0 Å². The van der Waals surface area contributed by atoms with Gasteiger partial charge in [-0.1, -0.05) is 5.16 Å². The summed E-state index contributed by atoms with van der Waals surface area (Å²) in [6, 6.07) is 15.1. The van der Waals surface area contributed by atoms with Crippen LogP contribution in [0, 0.1) is 36.5 Å². The molecule has 0 radical (unpaired) electrons. The number of nitrogens with one attached hydrogen (secondary N) is 2. The standard InChI is InChI=1S/C24H21N7O/c1-16-11-19(5-4-10-25)12-17(2)22(16)30-23-20(15-28-32-3)14-27-24(31-23)29-21-8-6-18(13-26)7-9-21/h4-9,11-12,14-15H,1-3H3,(H2,27,29,30,31)/b5-4+,28-15+. The SMILES string of the molecule is CO/N=C/c1cnc(Nc2ccc(C#N)cc2)nc1Nc1c(C)cc(/C=C/C#N)cc1C. The van der Waals surface area contributed by atoms with E-state index < -0.39 is 0 Å². The van der Waals surface area contributed by atoms with Gasteiger partial charge in [0.05, 0.1) is 29.5 Å². The summed E-state index contributed by atoms with van der Waals surface area (Å²) < 4.78 is 0. The molecule has 2 N–H and O–H groups in total. The Balaban J connectivity index is 1.95. The largest absolute Gasteiger partial charge is 0.399 e. The van der Waals surface area contributed by atoms with Gasteiger partial charge in [-0.15, -0.1) is 0 Å². The van der Waals surface area contributed by atoms with Crippen LogP contribution in [-0.4, -0.2) is 23.3 Å². The highest BCUT2D eigenvalue weighted by Crippen LogP contribution is 2.28. The van der Waals surface area contributed by atoms with Gasteiger partial charge in [0, 0.05) is 23.6 Å². The van der Waals surface area contributed by atoms with Crippen LogP contribution in [0.3, 0.4) is 0 Å². The molecule has 2 aromatic carbocycles. The fourth-order valence-corrected chi connectivity index (χ4v) is 3.05. The fraction of sp³-hybridized carbons (Fsp3) is 0.125. The minimum atomic E-state index is 0.385. The zero-order chi connectivity index (χ0) is 22.9. The lowest BCUT2D eigenvalue weighted by molar-refractivity contribution is 0.215. The normalized spacial score (nSPS) is 10.7. The van der Waals surface area contributed by atoms with Crippen molar-refractivity contribution in [2.45, 2.75) is 13.8 Å². The molecule has 0 aliphatic heterocycles. The van der Waals surface area contributed by atoms with Crippen LogP contribution in [0.2, 0.25) is 0 Å². The van der Waals surface area contributed by atoms with Crippen molar-refractivity contribution in [2.75, 3.05) is 17.7 Å². The average Bonchev–Trinajstić information content (AvgIpc) is 2.80. The van der Waals surface area contributed by atoms with Crippen LogP contribution in [0.5, 0.6) is 0 Å².